The van der Waals surface area contributed by atoms with Crippen molar-refractivity contribution in [2.75, 3.05) is 25.1 Å². The lowest BCUT2D eigenvalue weighted by atomic mass is 9.96. The molecule has 0 aliphatic carbocycles. The maximum absolute atomic E-state index is 13.0. The average molecular weight is 339 g/mol. The van der Waals surface area contributed by atoms with Crippen LogP contribution in [0.1, 0.15) is 29.6 Å². The number of rotatable bonds is 3. The number of benzene rings is 1. The number of carbonyl (C=O) groups is 2. The number of amides is 2. The van der Waals surface area contributed by atoms with Gasteiger partial charge in [0.1, 0.15) is 0 Å². The summed E-state index contributed by atoms with van der Waals surface area (Å²) in [5, 5.41) is 2.87. The second-order valence-corrected chi connectivity index (χ2v) is 6.56. The van der Waals surface area contributed by atoms with Gasteiger partial charge in [-0.05, 0) is 23.8 Å². The zero-order valence-corrected chi connectivity index (χ0v) is 14.1. The molecule has 0 unspecified atom stereocenters. The third kappa shape index (κ3) is 2.82. The van der Waals surface area contributed by atoms with Crippen molar-refractivity contribution in [3.8, 4) is 0 Å². The van der Waals surface area contributed by atoms with Crippen molar-refractivity contribution in [3.63, 3.8) is 0 Å². The van der Waals surface area contributed by atoms with E-state index >= 15 is 0 Å². The van der Waals surface area contributed by atoms with Gasteiger partial charge in [-0.25, -0.2) is 0 Å². The van der Waals surface area contributed by atoms with Crippen molar-refractivity contribution in [2.45, 2.75) is 18.4 Å². The molecule has 1 fully saturated rings. The molecule has 25 heavy (non-hydrogen) atoms. The zero-order chi connectivity index (χ0) is 17.4. The molecule has 2 atom stereocenters. The fraction of sp³-hybridized carbons (Fsp3) is 0.368. The van der Waals surface area contributed by atoms with Gasteiger partial charge in [-0.1, -0.05) is 18.2 Å². The topological polar surface area (TPSA) is 63.6 Å². The van der Waals surface area contributed by atoms with Gasteiger partial charge in [-0.3, -0.25) is 9.59 Å². The van der Waals surface area contributed by atoms with E-state index in [2.05, 4.69) is 5.32 Å². The van der Waals surface area contributed by atoms with E-state index in [1.165, 1.54) is 0 Å². The molecule has 0 radical (unpaired) electrons. The second-order valence-electron chi connectivity index (χ2n) is 6.56. The van der Waals surface area contributed by atoms with Crippen LogP contribution in [0.25, 0.3) is 0 Å². The fourth-order valence-corrected chi connectivity index (χ4v) is 3.74. The Hall–Kier alpha value is -2.60. The number of carbonyl (C=O) groups excluding carboxylic acids is 2. The average Bonchev–Trinajstić information content (AvgIpc) is 3.18. The fourth-order valence-electron chi connectivity index (χ4n) is 3.74. The van der Waals surface area contributed by atoms with Crippen LogP contribution in [0.2, 0.25) is 0 Å². The Kier molecular flexibility index (Phi) is 4.05. The first-order valence-electron chi connectivity index (χ1n) is 8.53. The summed E-state index contributed by atoms with van der Waals surface area (Å²) in [4.78, 5) is 27.2. The lowest BCUT2D eigenvalue weighted by Crippen LogP contribution is -2.44. The molecule has 6 nitrogen and oxygen atoms in total. The maximum atomic E-state index is 13.0. The molecule has 2 amide bonds. The quantitative estimate of drug-likeness (QED) is 0.931. The van der Waals surface area contributed by atoms with Gasteiger partial charge < -0.3 is 19.5 Å². The molecule has 0 bridgehead atoms. The molecule has 0 spiro atoms. The van der Waals surface area contributed by atoms with Gasteiger partial charge in [0.25, 0.3) is 0 Å². The Labute approximate surface area is 146 Å². The lowest BCUT2D eigenvalue weighted by molar-refractivity contribution is -0.142. The highest BCUT2D eigenvalue weighted by Crippen LogP contribution is 2.35. The Morgan fingerprint density at radius 3 is 2.92 bits per heavy atom. The summed E-state index contributed by atoms with van der Waals surface area (Å²) in [7, 11) is 1.97. The van der Waals surface area contributed by atoms with Crippen molar-refractivity contribution >= 4 is 17.5 Å². The maximum Gasteiger partial charge on any atom is 0.232 e. The van der Waals surface area contributed by atoms with Crippen molar-refractivity contribution in [3.05, 3.63) is 53.9 Å². The van der Waals surface area contributed by atoms with Crippen molar-refractivity contribution in [1.82, 2.24) is 9.47 Å². The molecular weight excluding hydrogens is 318 g/mol. The summed E-state index contributed by atoms with van der Waals surface area (Å²) in [5.74, 6) is -0.523. The Bertz CT molecular complexity index is 814. The smallest absolute Gasteiger partial charge is 0.232 e. The first kappa shape index (κ1) is 15.9. The normalized spacial score (nSPS) is 22.6. The van der Waals surface area contributed by atoms with Crippen LogP contribution in [-0.2, 0) is 21.4 Å². The minimum atomic E-state index is -0.416. The van der Waals surface area contributed by atoms with E-state index < -0.39 is 5.92 Å². The molecule has 1 N–H and O–H groups in total. The predicted molar refractivity (Wildman–Crippen MR) is 93.1 cm³/mol. The number of fused-ring (bicyclic) bond motifs is 1. The number of aromatic nitrogens is 1. The molecule has 3 heterocycles. The van der Waals surface area contributed by atoms with Crippen LogP contribution in [0, 0.1) is 0 Å². The van der Waals surface area contributed by atoms with Crippen LogP contribution >= 0.6 is 0 Å². The molecule has 1 aromatic carbocycles. The summed E-state index contributed by atoms with van der Waals surface area (Å²) in [5.41, 5.74) is 2.76. The molecule has 2 aliphatic heterocycles. The molecule has 6 heteroatoms. The van der Waals surface area contributed by atoms with Crippen molar-refractivity contribution < 1.29 is 14.3 Å². The van der Waals surface area contributed by atoms with E-state index in [0.29, 0.717) is 19.8 Å². The van der Waals surface area contributed by atoms with Gasteiger partial charge >= 0.3 is 0 Å². The van der Waals surface area contributed by atoms with E-state index in [4.69, 9.17) is 4.74 Å². The van der Waals surface area contributed by atoms with Gasteiger partial charge in [-0.15, -0.1) is 0 Å². The molecule has 0 saturated carbocycles. The highest BCUT2D eigenvalue weighted by molar-refractivity contribution is 6.04. The highest BCUT2D eigenvalue weighted by atomic mass is 16.5. The molecule has 1 saturated heterocycles. The number of nitrogens with zero attached hydrogens (tertiary/aromatic N) is 2. The molecule has 2 aliphatic rings. The first-order chi connectivity index (χ1) is 12.1. The third-order valence-corrected chi connectivity index (χ3v) is 5.06. The third-order valence-electron chi connectivity index (χ3n) is 5.06. The van der Waals surface area contributed by atoms with Crippen LogP contribution in [0.5, 0.6) is 0 Å². The minimum absolute atomic E-state index is 0.00801. The number of para-hydroxylation sites is 1. The summed E-state index contributed by atoms with van der Waals surface area (Å²) >= 11 is 0. The number of anilines is 1. The summed E-state index contributed by atoms with van der Waals surface area (Å²) in [6, 6.07) is 11.4. The molecule has 4 rings (SSSR count). The van der Waals surface area contributed by atoms with E-state index in [1.807, 2.05) is 59.1 Å². The highest BCUT2D eigenvalue weighted by Gasteiger charge is 2.36. The number of hydrogen-bond acceptors (Lipinski definition) is 3. The number of nitrogens with one attached hydrogen (secondary N) is 1. The summed E-state index contributed by atoms with van der Waals surface area (Å²) in [6.45, 7) is 1.56. The first-order valence-corrected chi connectivity index (χ1v) is 8.53. The van der Waals surface area contributed by atoms with E-state index in [0.717, 1.165) is 16.9 Å². The van der Waals surface area contributed by atoms with Gasteiger partial charge in [0.2, 0.25) is 11.8 Å². The van der Waals surface area contributed by atoms with Crippen LogP contribution in [0.15, 0.2) is 42.6 Å². The minimum Gasteiger partial charge on any atom is -0.377 e. The molecule has 130 valence electrons. The Morgan fingerprint density at radius 1 is 1.28 bits per heavy atom. The number of aryl methyl sites for hydroxylation is 1. The molecular formula is C19H21N3O3. The van der Waals surface area contributed by atoms with E-state index in [-0.39, 0.29) is 24.3 Å². The molecule has 2 aromatic rings. The van der Waals surface area contributed by atoms with Gasteiger partial charge in [-0.2, -0.15) is 0 Å². The van der Waals surface area contributed by atoms with Crippen LogP contribution in [0.4, 0.5) is 5.69 Å². The van der Waals surface area contributed by atoms with Gasteiger partial charge in [0.15, 0.2) is 0 Å². The SMILES string of the molecule is Cn1cccc1[C@H]1COCCN1C(=O)C[C@H]1C(=O)Nc2ccccc21. The van der Waals surface area contributed by atoms with Crippen LogP contribution < -0.4 is 5.32 Å². The van der Waals surface area contributed by atoms with Gasteiger partial charge in [0.05, 0.1) is 25.2 Å². The Morgan fingerprint density at radius 2 is 2.12 bits per heavy atom. The largest absolute Gasteiger partial charge is 0.377 e. The van der Waals surface area contributed by atoms with Crippen LogP contribution in [-0.4, -0.2) is 41.0 Å². The standard InChI is InChI=1S/C19H21N3O3/c1-21-8-4-7-16(21)17-12-25-10-9-22(17)18(23)11-14-13-5-2-3-6-15(13)20-19(14)24/h2-8,14,17H,9-12H2,1H3,(H,20,24)/t14-,17-/m1/s1. The summed E-state index contributed by atoms with van der Waals surface area (Å²) in [6.07, 6.45) is 2.15. The number of morpholine rings is 1. The monoisotopic (exact) mass is 339 g/mol. The van der Waals surface area contributed by atoms with Crippen LogP contribution in [0.3, 0.4) is 0 Å². The van der Waals surface area contributed by atoms with E-state index in [1.54, 1.807) is 0 Å². The van der Waals surface area contributed by atoms with Crippen molar-refractivity contribution in [2.24, 2.45) is 7.05 Å². The zero-order valence-electron chi connectivity index (χ0n) is 14.1. The summed E-state index contributed by atoms with van der Waals surface area (Å²) < 4.78 is 7.61. The Balaban J connectivity index is 1.56. The van der Waals surface area contributed by atoms with E-state index in [9.17, 15) is 9.59 Å². The van der Waals surface area contributed by atoms with Gasteiger partial charge in [0, 0.05) is 37.6 Å². The number of ether oxygens (including phenoxy) is 1. The lowest BCUT2D eigenvalue weighted by Gasteiger charge is -2.36. The second kappa shape index (κ2) is 6.37. The van der Waals surface area contributed by atoms with Crippen molar-refractivity contribution in [1.29, 1.82) is 0 Å². The molecule has 1 aromatic heterocycles. The number of hydrogen-bond donors (Lipinski definition) is 1. The predicted octanol–water partition coefficient (Wildman–Crippen LogP) is 2.05.